The van der Waals surface area contributed by atoms with Crippen LogP contribution in [0, 0.1) is 0 Å². The molecular weight excluding hydrogens is 476 g/mol. The van der Waals surface area contributed by atoms with Gasteiger partial charge in [-0.1, -0.05) is 25.5 Å². The summed E-state index contributed by atoms with van der Waals surface area (Å²) >= 11 is 0. The van der Waals surface area contributed by atoms with Crippen LogP contribution in [0.25, 0.3) is 0 Å². The minimum Gasteiger partial charge on any atom is -0.457 e. The third-order valence-corrected chi connectivity index (χ3v) is 7.25. The van der Waals surface area contributed by atoms with Crippen molar-refractivity contribution in [3.8, 4) is 11.5 Å². The number of urea groups is 1. The van der Waals surface area contributed by atoms with Gasteiger partial charge in [0, 0.05) is 44.0 Å². The number of rotatable bonds is 11. The summed E-state index contributed by atoms with van der Waals surface area (Å²) < 4.78 is 31.0. The van der Waals surface area contributed by atoms with Crippen LogP contribution in [0.4, 0.5) is 10.5 Å². The number of benzene rings is 2. The van der Waals surface area contributed by atoms with Crippen molar-refractivity contribution in [1.29, 1.82) is 0 Å². The predicted octanol–water partition coefficient (Wildman–Crippen LogP) is 4.79. The van der Waals surface area contributed by atoms with Crippen LogP contribution in [0.3, 0.4) is 0 Å². The van der Waals surface area contributed by atoms with Gasteiger partial charge >= 0.3 is 6.03 Å². The highest BCUT2D eigenvalue weighted by atomic mass is 32.2. The number of nitrogens with zero attached hydrogens (tertiary/aromatic N) is 2. The molecule has 0 unspecified atom stereocenters. The molecule has 36 heavy (non-hydrogen) atoms. The Morgan fingerprint density at radius 2 is 1.61 bits per heavy atom. The van der Waals surface area contributed by atoms with Gasteiger partial charge in [-0.3, -0.25) is 9.62 Å². The first-order valence-corrected chi connectivity index (χ1v) is 14.8. The van der Waals surface area contributed by atoms with Crippen LogP contribution in [-0.4, -0.2) is 62.2 Å². The van der Waals surface area contributed by atoms with Crippen LogP contribution < -0.4 is 14.8 Å². The fraction of sp³-hybridized carbons (Fsp3) is 0.519. The number of unbranched alkanes of at least 4 members (excludes halogenated alkanes) is 1. The molecule has 1 aliphatic carbocycles. The van der Waals surface area contributed by atoms with Crippen LogP contribution >= 0.6 is 0 Å². The average Bonchev–Trinajstić information content (AvgIpc) is 3.67. The lowest BCUT2D eigenvalue weighted by Crippen LogP contribution is -2.50. The van der Waals surface area contributed by atoms with Gasteiger partial charge in [0.2, 0.25) is 10.0 Å². The maximum Gasteiger partial charge on any atom is 0.317 e. The lowest BCUT2D eigenvalue weighted by molar-refractivity contribution is 0.166. The zero-order valence-corrected chi connectivity index (χ0v) is 22.1. The molecule has 2 fully saturated rings. The molecule has 0 bridgehead atoms. The molecule has 0 radical (unpaired) electrons. The molecule has 1 saturated heterocycles. The van der Waals surface area contributed by atoms with E-state index >= 15 is 0 Å². The summed E-state index contributed by atoms with van der Waals surface area (Å²) in [7, 11) is -3.30. The quantitative estimate of drug-likeness (QED) is 0.450. The molecule has 2 N–H and O–H groups in total. The molecule has 4 rings (SSSR count). The monoisotopic (exact) mass is 514 g/mol. The van der Waals surface area contributed by atoms with Gasteiger partial charge in [0.15, 0.2) is 0 Å². The number of nitrogens with one attached hydrogen (secondary N) is 2. The molecule has 2 aliphatic rings. The van der Waals surface area contributed by atoms with Crippen molar-refractivity contribution in [2.45, 2.75) is 64.1 Å². The zero-order chi connectivity index (χ0) is 25.5. The summed E-state index contributed by atoms with van der Waals surface area (Å²) in [6.45, 7) is 5.85. The third-order valence-electron chi connectivity index (χ3n) is 6.64. The molecule has 1 aliphatic heterocycles. The fourth-order valence-electron chi connectivity index (χ4n) is 4.52. The van der Waals surface area contributed by atoms with E-state index in [0.29, 0.717) is 17.5 Å². The molecule has 1 heterocycles. The lowest BCUT2D eigenvalue weighted by atomic mass is 10.0. The zero-order valence-electron chi connectivity index (χ0n) is 21.3. The largest absolute Gasteiger partial charge is 0.457 e. The predicted molar refractivity (Wildman–Crippen MR) is 143 cm³/mol. The molecule has 8 nitrogen and oxygen atoms in total. The smallest absolute Gasteiger partial charge is 0.317 e. The van der Waals surface area contributed by atoms with Gasteiger partial charge < -0.3 is 15.0 Å². The molecule has 196 valence electrons. The Balaban J connectivity index is 1.20. The van der Waals surface area contributed by atoms with Gasteiger partial charge in [0.05, 0.1) is 6.26 Å². The van der Waals surface area contributed by atoms with E-state index in [-0.39, 0.29) is 12.1 Å². The first-order valence-electron chi connectivity index (χ1n) is 12.9. The number of piperidine rings is 1. The topological polar surface area (TPSA) is 91.0 Å². The third kappa shape index (κ3) is 8.13. The Hall–Kier alpha value is -2.78. The van der Waals surface area contributed by atoms with E-state index in [4.69, 9.17) is 4.74 Å². The van der Waals surface area contributed by atoms with Crippen molar-refractivity contribution in [3.63, 3.8) is 0 Å². The Labute approximate surface area is 215 Å². The molecule has 2 aromatic carbocycles. The second-order valence-electron chi connectivity index (χ2n) is 9.92. The molecule has 2 aromatic rings. The second-order valence-corrected chi connectivity index (χ2v) is 11.7. The van der Waals surface area contributed by atoms with Crippen molar-refractivity contribution in [3.05, 3.63) is 54.1 Å². The first-order chi connectivity index (χ1) is 17.3. The van der Waals surface area contributed by atoms with Gasteiger partial charge in [-0.2, -0.15) is 0 Å². The number of anilines is 1. The first kappa shape index (κ1) is 26.3. The molecule has 2 amide bonds. The molecular formula is C27H38N4O4S. The van der Waals surface area contributed by atoms with Crippen molar-refractivity contribution >= 4 is 21.7 Å². The number of sulfonamides is 1. The van der Waals surface area contributed by atoms with Gasteiger partial charge in [0.25, 0.3) is 0 Å². The number of hydrogen-bond donors (Lipinski definition) is 2. The van der Waals surface area contributed by atoms with E-state index in [2.05, 4.69) is 38.9 Å². The van der Waals surface area contributed by atoms with Gasteiger partial charge in [-0.05, 0) is 74.1 Å². The van der Waals surface area contributed by atoms with Crippen molar-refractivity contribution < 1.29 is 17.9 Å². The summed E-state index contributed by atoms with van der Waals surface area (Å²) in [6, 6.07) is 15.7. The van der Waals surface area contributed by atoms with E-state index in [0.717, 1.165) is 76.7 Å². The Morgan fingerprint density at radius 1 is 1.00 bits per heavy atom. The minimum atomic E-state index is -3.30. The second kappa shape index (κ2) is 12.0. The number of carbonyl (C=O) groups excluding carboxylic acids is 1. The van der Waals surface area contributed by atoms with Crippen molar-refractivity contribution in [2.24, 2.45) is 0 Å². The molecule has 0 spiro atoms. The fourth-order valence-corrected chi connectivity index (χ4v) is 5.08. The standard InChI is InChI=1S/C27H38N4O4S/c1-3-4-17-31(24-9-10-24)27(32)28-22-15-18-30(19-16-22)20-21-5-11-25(12-6-21)35-26-13-7-23(8-14-26)29-36(2,33)34/h5-8,11-14,22,24,29H,3-4,9-10,15-20H2,1-2H3,(H,28,32). The summed E-state index contributed by atoms with van der Waals surface area (Å²) in [6.07, 6.45) is 7.55. The molecule has 1 saturated carbocycles. The number of likely N-dealkylation sites (tertiary alicyclic amines) is 1. The number of carbonyl (C=O) groups is 1. The van der Waals surface area contributed by atoms with Crippen LogP contribution in [0.15, 0.2) is 48.5 Å². The number of amides is 2. The minimum absolute atomic E-state index is 0.126. The summed E-state index contributed by atoms with van der Waals surface area (Å²) in [5.74, 6) is 1.37. The summed E-state index contributed by atoms with van der Waals surface area (Å²) in [5, 5.41) is 3.29. The van der Waals surface area contributed by atoms with Crippen LogP contribution in [0.5, 0.6) is 11.5 Å². The summed E-state index contributed by atoms with van der Waals surface area (Å²) in [5.41, 5.74) is 1.72. The summed E-state index contributed by atoms with van der Waals surface area (Å²) in [4.78, 5) is 17.3. The average molecular weight is 515 g/mol. The van der Waals surface area contributed by atoms with E-state index in [1.165, 1.54) is 5.56 Å². The highest BCUT2D eigenvalue weighted by molar-refractivity contribution is 7.92. The lowest BCUT2D eigenvalue weighted by Gasteiger charge is -2.34. The van der Waals surface area contributed by atoms with Gasteiger partial charge in [-0.25, -0.2) is 13.2 Å². The van der Waals surface area contributed by atoms with Crippen molar-refractivity contribution in [2.75, 3.05) is 30.6 Å². The highest BCUT2D eigenvalue weighted by Gasteiger charge is 2.33. The van der Waals surface area contributed by atoms with Gasteiger partial charge in [-0.15, -0.1) is 0 Å². The van der Waals surface area contributed by atoms with Crippen molar-refractivity contribution in [1.82, 2.24) is 15.1 Å². The van der Waals surface area contributed by atoms with E-state index < -0.39 is 10.0 Å². The van der Waals surface area contributed by atoms with E-state index in [1.807, 2.05) is 12.1 Å². The van der Waals surface area contributed by atoms with Crippen LogP contribution in [0.1, 0.15) is 51.0 Å². The maximum absolute atomic E-state index is 12.8. The molecule has 0 atom stereocenters. The Bertz CT molecular complexity index is 1090. The SMILES string of the molecule is CCCCN(C(=O)NC1CCN(Cc2ccc(Oc3ccc(NS(C)(=O)=O)cc3)cc2)CC1)C1CC1. The Morgan fingerprint density at radius 3 is 2.17 bits per heavy atom. The van der Waals surface area contributed by atoms with E-state index in [9.17, 15) is 13.2 Å². The number of hydrogen-bond acceptors (Lipinski definition) is 5. The normalized spacial score (nSPS) is 16.9. The van der Waals surface area contributed by atoms with E-state index in [1.54, 1.807) is 24.3 Å². The highest BCUT2D eigenvalue weighted by Crippen LogP contribution is 2.28. The molecule has 0 aromatic heterocycles. The van der Waals surface area contributed by atoms with Crippen LogP contribution in [0.2, 0.25) is 0 Å². The Kier molecular flexibility index (Phi) is 8.74. The number of ether oxygens (including phenoxy) is 1. The maximum atomic E-state index is 12.8. The molecule has 9 heteroatoms. The van der Waals surface area contributed by atoms with Gasteiger partial charge in [0.1, 0.15) is 11.5 Å². The van der Waals surface area contributed by atoms with Crippen LogP contribution in [-0.2, 0) is 16.6 Å².